The van der Waals surface area contributed by atoms with E-state index in [2.05, 4.69) is 46.4 Å². The third-order valence-electron chi connectivity index (χ3n) is 4.04. The summed E-state index contributed by atoms with van der Waals surface area (Å²) < 4.78 is 8.95. The Bertz CT molecular complexity index is 831. The monoisotopic (exact) mass is 350 g/mol. The van der Waals surface area contributed by atoms with Gasteiger partial charge in [-0.1, -0.05) is 47.6 Å². The van der Waals surface area contributed by atoms with Crippen molar-refractivity contribution in [2.75, 3.05) is 4.57 Å². The molecule has 3 aromatic rings. The van der Waals surface area contributed by atoms with E-state index < -0.39 is 7.63 Å². The van der Waals surface area contributed by atoms with Crippen molar-refractivity contribution in [3.8, 4) is 5.75 Å². The number of hydrogen-bond acceptors (Lipinski definition) is 4. The number of benzene rings is 2. The van der Waals surface area contributed by atoms with Crippen molar-refractivity contribution in [1.82, 2.24) is 4.98 Å². The zero-order valence-corrected chi connectivity index (χ0v) is 15.2. The van der Waals surface area contributed by atoms with E-state index in [0.717, 1.165) is 18.0 Å². The van der Waals surface area contributed by atoms with Gasteiger partial charge >= 0.3 is 7.63 Å². The predicted molar refractivity (Wildman–Crippen MR) is 101 cm³/mol. The van der Waals surface area contributed by atoms with Crippen molar-refractivity contribution in [2.24, 2.45) is 0 Å². The Kier molecular flexibility index (Phi) is 4.04. The van der Waals surface area contributed by atoms with Gasteiger partial charge in [-0.25, -0.2) is 0 Å². The highest BCUT2D eigenvalue weighted by atomic mass is 32.4. The predicted octanol–water partition coefficient (Wildman–Crippen LogP) is 4.84. The number of anilines is 1. The van der Waals surface area contributed by atoms with Crippen molar-refractivity contribution in [3.05, 3.63) is 84.7 Å². The van der Waals surface area contributed by atoms with Crippen LogP contribution in [0.15, 0.2) is 83.9 Å². The van der Waals surface area contributed by atoms with E-state index in [-0.39, 0.29) is 0 Å². The third kappa shape index (κ3) is 2.92. The molecule has 4 rings (SSSR count). The fourth-order valence-corrected chi connectivity index (χ4v) is 8.72. The molecular formula is C19H18N2OSSi. The van der Waals surface area contributed by atoms with E-state index in [1.54, 1.807) is 0 Å². The summed E-state index contributed by atoms with van der Waals surface area (Å²) in [4.78, 5) is 5.79. The minimum atomic E-state index is -2.23. The van der Waals surface area contributed by atoms with Gasteiger partial charge in [0.1, 0.15) is 5.75 Å². The highest BCUT2D eigenvalue weighted by molar-refractivity contribution is 8.29. The van der Waals surface area contributed by atoms with Gasteiger partial charge in [0, 0.05) is 16.8 Å². The standard InChI is InChI=1S/C19H18N2OSSi/c1-24(22-17-10-3-2-4-11-17)21(15-16-9-7-8-14-20-16)18-12-5-6-13-19(18)23-24/h2-14H,15H2,1H3. The Balaban J connectivity index is 1.70. The molecule has 120 valence electrons. The fraction of sp³-hybridized carbons (Fsp3) is 0.105. The van der Waals surface area contributed by atoms with Gasteiger partial charge in [-0.2, -0.15) is 0 Å². The van der Waals surface area contributed by atoms with Crippen LogP contribution in [0.4, 0.5) is 5.69 Å². The minimum Gasteiger partial charge on any atom is -0.517 e. The SMILES string of the molecule is C[Si]1(Oc2ccccc2)Sc2ccccc2N1Cc1ccccn1. The van der Waals surface area contributed by atoms with Gasteiger partial charge in [0.05, 0.1) is 12.2 Å². The van der Waals surface area contributed by atoms with Gasteiger partial charge in [0.15, 0.2) is 0 Å². The summed E-state index contributed by atoms with van der Waals surface area (Å²) in [5, 5.41) is 0. The van der Waals surface area contributed by atoms with Crippen LogP contribution in [-0.2, 0) is 6.54 Å². The molecule has 1 aliphatic heterocycles. The molecule has 1 aromatic heterocycles. The van der Waals surface area contributed by atoms with Crippen molar-refractivity contribution in [2.45, 2.75) is 18.0 Å². The Hall–Kier alpha value is -2.24. The number of para-hydroxylation sites is 2. The van der Waals surface area contributed by atoms with Gasteiger partial charge in [0.25, 0.3) is 0 Å². The third-order valence-corrected chi connectivity index (χ3v) is 9.69. The lowest BCUT2D eigenvalue weighted by Crippen LogP contribution is -2.51. The second-order valence-corrected chi connectivity index (χ2v) is 11.9. The van der Waals surface area contributed by atoms with Gasteiger partial charge in [-0.15, -0.1) is 0 Å². The second kappa shape index (κ2) is 6.34. The Labute approximate surface area is 147 Å². The zero-order chi connectivity index (χ0) is 16.4. The van der Waals surface area contributed by atoms with Gasteiger partial charge in [0.2, 0.25) is 0 Å². The molecule has 1 unspecified atom stereocenters. The molecule has 0 saturated carbocycles. The molecule has 3 nitrogen and oxygen atoms in total. The first kappa shape index (κ1) is 15.3. The molecule has 0 amide bonds. The molecule has 2 aromatic carbocycles. The summed E-state index contributed by atoms with van der Waals surface area (Å²) in [6.45, 7) is 3.02. The van der Waals surface area contributed by atoms with Crippen molar-refractivity contribution in [1.29, 1.82) is 0 Å². The van der Waals surface area contributed by atoms with Crippen LogP contribution in [0.25, 0.3) is 0 Å². The molecule has 0 aliphatic carbocycles. The van der Waals surface area contributed by atoms with E-state index in [0.29, 0.717) is 0 Å². The van der Waals surface area contributed by atoms with Gasteiger partial charge in [-0.3, -0.25) is 4.98 Å². The average Bonchev–Trinajstić information content (AvgIpc) is 2.88. The fourth-order valence-electron chi connectivity index (χ4n) is 2.91. The normalized spacial score (nSPS) is 19.1. The summed E-state index contributed by atoms with van der Waals surface area (Å²) >= 11 is 1.88. The average molecular weight is 351 g/mol. The summed E-state index contributed by atoms with van der Waals surface area (Å²) in [7, 11) is -2.23. The van der Waals surface area contributed by atoms with E-state index in [1.165, 1.54) is 10.6 Å². The van der Waals surface area contributed by atoms with E-state index in [9.17, 15) is 0 Å². The first-order valence-electron chi connectivity index (χ1n) is 7.94. The molecule has 0 N–H and O–H groups in total. The molecular weight excluding hydrogens is 332 g/mol. The number of fused-ring (bicyclic) bond motifs is 1. The topological polar surface area (TPSA) is 25.4 Å². The van der Waals surface area contributed by atoms with E-state index in [1.807, 2.05) is 59.9 Å². The largest absolute Gasteiger partial charge is 0.517 e. The highest BCUT2D eigenvalue weighted by Gasteiger charge is 2.48. The van der Waals surface area contributed by atoms with Crippen LogP contribution in [-0.4, -0.2) is 12.6 Å². The summed E-state index contributed by atoms with van der Waals surface area (Å²) in [6, 6.07) is 24.7. The number of nitrogens with zero attached hydrogens (tertiary/aromatic N) is 2. The minimum absolute atomic E-state index is 0.764. The molecule has 1 atom stereocenters. The lowest BCUT2D eigenvalue weighted by Gasteiger charge is -2.33. The maximum atomic E-state index is 6.53. The van der Waals surface area contributed by atoms with Crippen LogP contribution in [0, 0.1) is 0 Å². The molecule has 2 heterocycles. The number of hydrogen-bond donors (Lipinski definition) is 0. The highest BCUT2D eigenvalue weighted by Crippen LogP contribution is 2.48. The second-order valence-electron chi connectivity index (χ2n) is 5.79. The number of pyridine rings is 1. The molecule has 5 heteroatoms. The lowest BCUT2D eigenvalue weighted by molar-refractivity contribution is 0.558. The van der Waals surface area contributed by atoms with Crippen molar-refractivity contribution < 1.29 is 4.43 Å². The Morgan fingerprint density at radius 1 is 0.958 bits per heavy atom. The molecule has 0 radical (unpaired) electrons. The van der Waals surface area contributed by atoms with Crippen LogP contribution in [0.3, 0.4) is 0 Å². The Morgan fingerprint density at radius 3 is 2.50 bits per heavy atom. The van der Waals surface area contributed by atoms with Crippen LogP contribution in [0.2, 0.25) is 6.55 Å². The van der Waals surface area contributed by atoms with Crippen molar-refractivity contribution in [3.63, 3.8) is 0 Å². The summed E-state index contributed by atoms with van der Waals surface area (Å²) in [5.74, 6) is 0.929. The van der Waals surface area contributed by atoms with Crippen LogP contribution >= 0.6 is 11.2 Å². The smallest absolute Gasteiger partial charge is 0.430 e. The molecule has 0 fully saturated rings. The molecule has 0 spiro atoms. The van der Waals surface area contributed by atoms with Gasteiger partial charge in [-0.05, 0) is 42.9 Å². The molecule has 0 bridgehead atoms. The van der Waals surface area contributed by atoms with E-state index in [4.69, 9.17) is 4.43 Å². The molecule has 24 heavy (non-hydrogen) atoms. The quantitative estimate of drug-likeness (QED) is 0.629. The first-order chi connectivity index (χ1) is 11.7. The molecule has 0 saturated heterocycles. The lowest BCUT2D eigenvalue weighted by atomic mass is 10.3. The van der Waals surface area contributed by atoms with Crippen LogP contribution in [0.5, 0.6) is 5.75 Å². The maximum Gasteiger partial charge on any atom is 0.430 e. The molecule has 1 aliphatic rings. The first-order valence-corrected chi connectivity index (χ1v) is 11.8. The van der Waals surface area contributed by atoms with Crippen molar-refractivity contribution >= 4 is 24.5 Å². The number of rotatable bonds is 4. The maximum absolute atomic E-state index is 6.53. The van der Waals surface area contributed by atoms with Crippen LogP contribution < -0.4 is 8.99 Å². The van der Waals surface area contributed by atoms with Gasteiger partial charge < -0.3 is 8.99 Å². The van der Waals surface area contributed by atoms with Crippen LogP contribution in [0.1, 0.15) is 5.69 Å². The summed E-state index contributed by atoms with van der Waals surface area (Å²) in [5.41, 5.74) is 2.31. The number of aromatic nitrogens is 1. The summed E-state index contributed by atoms with van der Waals surface area (Å²) in [6.07, 6.45) is 1.85. The Morgan fingerprint density at radius 2 is 1.71 bits per heavy atom. The zero-order valence-electron chi connectivity index (χ0n) is 13.4. The van der Waals surface area contributed by atoms with E-state index >= 15 is 0 Å².